The van der Waals surface area contributed by atoms with Gasteiger partial charge < -0.3 is 5.73 Å². The van der Waals surface area contributed by atoms with Crippen molar-refractivity contribution in [2.45, 2.75) is 6.54 Å². The van der Waals surface area contributed by atoms with Crippen LogP contribution in [-0.4, -0.2) is 52.5 Å². The number of piperazine rings is 1. The summed E-state index contributed by atoms with van der Waals surface area (Å²) in [6.07, 6.45) is 3.73. The summed E-state index contributed by atoms with van der Waals surface area (Å²) in [7, 11) is 0. The highest BCUT2D eigenvalue weighted by atomic mass is 79.9. The number of aromatic nitrogens is 1. The molecule has 4 nitrogen and oxygen atoms in total. The van der Waals surface area contributed by atoms with Crippen molar-refractivity contribution in [1.29, 1.82) is 0 Å². The standard InChI is InChI=1S/C12H17BrN4S/c13-11-5-10(6-15-7-11)8-16-1-3-17(4-2-16)9-12(14)18/h5-7H,1-4,8-9H2,(H2,14,18). The summed E-state index contributed by atoms with van der Waals surface area (Å²) in [4.78, 5) is 9.50. The molecule has 18 heavy (non-hydrogen) atoms. The quantitative estimate of drug-likeness (QED) is 0.843. The van der Waals surface area contributed by atoms with Gasteiger partial charge in [-0.3, -0.25) is 14.8 Å². The Labute approximate surface area is 121 Å². The molecule has 1 aliphatic heterocycles. The van der Waals surface area contributed by atoms with Crippen molar-refractivity contribution >= 4 is 33.1 Å². The molecule has 0 radical (unpaired) electrons. The van der Waals surface area contributed by atoms with E-state index >= 15 is 0 Å². The molecule has 2 N–H and O–H groups in total. The first-order chi connectivity index (χ1) is 8.63. The molecule has 2 heterocycles. The van der Waals surface area contributed by atoms with Crippen LogP contribution in [-0.2, 0) is 6.54 Å². The maximum Gasteiger partial charge on any atom is 0.0870 e. The van der Waals surface area contributed by atoms with Crippen molar-refractivity contribution < 1.29 is 0 Å². The van der Waals surface area contributed by atoms with E-state index in [2.05, 4.69) is 36.8 Å². The minimum absolute atomic E-state index is 0.583. The molecule has 1 aliphatic rings. The van der Waals surface area contributed by atoms with Gasteiger partial charge in [-0.2, -0.15) is 0 Å². The van der Waals surface area contributed by atoms with E-state index in [0.717, 1.165) is 43.7 Å². The van der Waals surface area contributed by atoms with Crippen LogP contribution in [0.2, 0.25) is 0 Å². The molecule has 0 aromatic carbocycles. The van der Waals surface area contributed by atoms with Crippen molar-refractivity contribution in [2.75, 3.05) is 32.7 Å². The number of hydrogen-bond acceptors (Lipinski definition) is 4. The van der Waals surface area contributed by atoms with Gasteiger partial charge >= 0.3 is 0 Å². The van der Waals surface area contributed by atoms with Crippen molar-refractivity contribution in [3.63, 3.8) is 0 Å². The van der Waals surface area contributed by atoms with E-state index in [4.69, 9.17) is 18.0 Å². The third-order valence-electron chi connectivity index (χ3n) is 3.01. The summed E-state index contributed by atoms with van der Waals surface area (Å²) < 4.78 is 1.03. The van der Waals surface area contributed by atoms with E-state index in [0.29, 0.717) is 4.99 Å². The Balaban J connectivity index is 1.81. The maximum absolute atomic E-state index is 5.56. The minimum Gasteiger partial charge on any atom is -0.392 e. The van der Waals surface area contributed by atoms with E-state index in [1.807, 2.05) is 12.4 Å². The summed E-state index contributed by atoms with van der Waals surface area (Å²) in [6, 6.07) is 2.12. The van der Waals surface area contributed by atoms with E-state index in [1.165, 1.54) is 5.56 Å². The van der Waals surface area contributed by atoms with Gasteiger partial charge in [0.1, 0.15) is 0 Å². The van der Waals surface area contributed by atoms with E-state index < -0.39 is 0 Å². The number of halogens is 1. The zero-order chi connectivity index (χ0) is 13.0. The zero-order valence-corrected chi connectivity index (χ0v) is 12.6. The second-order valence-electron chi connectivity index (χ2n) is 4.53. The van der Waals surface area contributed by atoms with Crippen molar-refractivity contribution in [1.82, 2.24) is 14.8 Å². The Bertz CT molecular complexity index is 418. The average molecular weight is 329 g/mol. The smallest absolute Gasteiger partial charge is 0.0870 e. The molecule has 6 heteroatoms. The molecular weight excluding hydrogens is 312 g/mol. The highest BCUT2D eigenvalue weighted by molar-refractivity contribution is 9.10. The molecule has 98 valence electrons. The van der Waals surface area contributed by atoms with Gasteiger partial charge in [-0.1, -0.05) is 12.2 Å². The third kappa shape index (κ3) is 4.28. The highest BCUT2D eigenvalue weighted by Gasteiger charge is 2.17. The highest BCUT2D eigenvalue weighted by Crippen LogP contribution is 2.12. The third-order valence-corrected chi connectivity index (χ3v) is 3.57. The molecule has 0 spiro atoms. The van der Waals surface area contributed by atoms with Gasteiger partial charge in [-0.15, -0.1) is 0 Å². The van der Waals surface area contributed by atoms with Gasteiger partial charge in [0.05, 0.1) is 4.99 Å². The number of nitrogens with zero attached hydrogens (tertiary/aromatic N) is 3. The lowest BCUT2D eigenvalue weighted by atomic mass is 10.2. The lowest BCUT2D eigenvalue weighted by Gasteiger charge is -2.34. The van der Waals surface area contributed by atoms with E-state index in [1.54, 1.807) is 0 Å². The second-order valence-corrected chi connectivity index (χ2v) is 5.97. The molecule has 1 fully saturated rings. The molecule has 0 saturated carbocycles. The van der Waals surface area contributed by atoms with Gasteiger partial charge in [0.2, 0.25) is 0 Å². The first kappa shape index (κ1) is 13.9. The van der Waals surface area contributed by atoms with Crippen LogP contribution in [0.1, 0.15) is 5.56 Å². The fraction of sp³-hybridized carbons (Fsp3) is 0.500. The van der Waals surface area contributed by atoms with Crippen LogP contribution in [0.15, 0.2) is 22.9 Å². The summed E-state index contributed by atoms with van der Waals surface area (Å²) >= 11 is 8.38. The Kier molecular flexibility index (Phi) is 5.05. The molecule has 2 rings (SSSR count). The van der Waals surface area contributed by atoms with Crippen molar-refractivity contribution in [3.05, 3.63) is 28.5 Å². The predicted octanol–water partition coefficient (Wildman–Crippen LogP) is 1.25. The predicted molar refractivity (Wildman–Crippen MR) is 80.4 cm³/mol. The van der Waals surface area contributed by atoms with Gasteiger partial charge in [-0.05, 0) is 27.6 Å². The van der Waals surface area contributed by atoms with Crippen molar-refractivity contribution in [3.8, 4) is 0 Å². The van der Waals surface area contributed by atoms with Crippen LogP contribution in [0.4, 0.5) is 0 Å². The number of thiocarbonyl (C=S) groups is 1. The fourth-order valence-corrected chi connectivity index (χ4v) is 2.72. The summed E-state index contributed by atoms with van der Waals surface area (Å²) in [5, 5.41) is 0. The van der Waals surface area contributed by atoms with Crippen LogP contribution >= 0.6 is 28.1 Å². The molecular formula is C12H17BrN4S. The minimum atomic E-state index is 0.583. The SMILES string of the molecule is NC(=S)CN1CCN(Cc2cncc(Br)c2)CC1. The fourth-order valence-electron chi connectivity index (χ4n) is 2.13. The second kappa shape index (κ2) is 6.56. The number of rotatable bonds is 4. The van der Waals surface area contributed by atoms with Crippen LogP contribution < -0.4 is 5.73 Å². The molecule has 0 atom stereocenters. The zero-order valence-electron chi connectivity index (χ0n) is 10.2. The maximum atomic E-state index is 5.56. The Morgan fingerprint density at radius 2 is 1.94 bits per heavy atom. The molecule has 0 bridgehead atoms. The van der Waals surface area contributed by atoms with Crippen LogP contribution in [0, 0.1) is 0 Å². The molecule has 1 aromatic rings. The van der Waals surface area contributed by atoms with Gasteiger partial charge in [0.15, 0.2) is 0 Å². The van der Waals surface area contributed by atoms with E-state index in [-0.39, 0.29) is 0 Å². The van der Waals surface area contributed by atoms with E-state index in [9.17, 15) is 0 Å². The largest absolute Gasteiger partial charge is 0.392 e. The van der Waals surface area contributed by atoms with Gasteiger partial charge in [0, 0.05) is 56.1 Å². The normalized spacial score (nSPS) is 17.8. The lowest BCUT2D eigenvalue weighted by Crippen LogP contribution is -2.48. The Morgan fingerprint density at radius 3 is 2.56 bits per heavy atom. The monoisotopic (exact) mass is 328 g/mol. The topological polar surface area (TPSA) is 45.4 Å². The molecule has 0 amide bonds. The summed E-state index contributed by atoms with van der Waals surface area (Å²) in [6.45, 7) is 5.84. The first-order valence-electron chi connectivity index (χ1n) is 5.96. The molecule has 0 aliphatic carbocycles. The number of pyridine rings is 1. The number of hydrogen-bond donors (Lipinski definition) is 1. The Hall–Kier alpha value is -0.560. The number of nitrogens with two attached hydrogens (primary N) is 1. The van der Waals surface area contributed by atoms with Crippen molar-refractivity contribution in [2.24, 2.45) is 5.73 Å². The molecule has 0 unspecified atom stereocenters. The molecule has 1 aromatic heterocycles. The van der Waals surface area contributed by atoms with Crippen LogP contribution in [0.5, 0.6) is 0 Å². The van der Waals surface area contributed by atoms with Crippen LogP contribution in [0.3, 0.4) is 0 Å². The summed E-state index contributed by atoms with van der Waals surface area (Å²) in [5.41, 5.74) is 6.80. The lowest BCUT2D eigenvalue weighted by molar-refractivity contribution is 0.140. The average Bonchev–Trinajstić information content (AvgIpc) is 2.31. The first-order valence-corrected chi connectivity index (χ1v) is 7.16. The Morgan fingerprint density at radius 1 is 1.28 bits per heavy atom. The molecule has 1 saturated heterocycles. The van der Waals surface area contributed by atoms with Crippen LogP contribution in [0.25, 0.3) is 0 Å². The van der Waals surface area contributed by atoms with Gasteiger partial charge in [0.25, 0.3) is 0 Å². The summed E-state index contributed by atoms with van der Waals surface area (Å²) in [5.74, 6) is 0. The van der Waals surface area contributed by atoms with Gasteiger partial charge in [-0.25, -0.2) is 0 Å².